The zero-order chi connectivity index (χ0) is 12.7. The predicted octanol–water partition coefficient (Wildman–Crippen LogP) is 3.03. The second kappa shape index (κ2) is 5.13. The Hall–Kier alpha value is -0.0800. The average molecular weight is 250 g/mol. The van der Waals surface area contributed by atoms with Gasteiger partial charge >= 0.3 is 0 Å². The van der Waals surface area contributed by atoms with Crippen LogP contribution < -0.4 is 5.32 Å². The van der Waals surface area contributed by atoms with Crippen LogP contribution in [0.3, 0.4) is 0 Å². The van der Waals surface area contributed by atoms with Gasteiger partial charge in [-0.3, -0.25) is 0 Å². The third-order valence-corrected chi connectivity index (χ3v) is 5.75. The van der Waals surface area contributed by atoms with Crippen LogP contribution >= 0.6 is 0 Å². The Balaban J connectivity index is 1.54. The molecule has 3 fully saturated rings. The van der Waals surface area contributed by atoms with E-state index in [1.807, 2.05) is 0 Å². The van der Waals surface area contributed by atoms with Crippen LogP contribution in [-0.4, -0.2) is 36.1 Å². The topological polar surface area (TPSA) is 15.3 Å². The summed E-state index contributed by atoms with van der Waals surface area (Å²) < 4.78 is 0. The van der Waals surface area contributed by atoms with Crippen molar-refractivity contribution in [3.63, 3.8) is 0 Å². The van der Waals surface area contributed by atoms with Gasteiger partial charge in [0.25, 0.3) is 0 Å². The maximum absolute atomic E-state index is 4.01. The third kappa shape index (κ3) is 2.60. The Morgan fingerprint density at radius 2 is 1.28 bits per heavy atom. The molecule has 104 valence electrons. The lowest BCUT2D eigenvalue weighted by Gasteiger charge is -2.40. The van der Waals surface area contributed by atoms with Gasteiger partial charge in [-0.05, 0) is 63.8 Å². The first-order chi connectivity index (χ1) is 8.61. The summed E-state index contributed by atoms with van der Waals surface area (Å²) >= 11 is 0. The standard InChI is InChI=1S/C16H30N2/c1-11-6-12(2)8-13(7-11)17-14-9-15-4-5-16(10-14)18(15)3/h11-17H,4-10H2,1-3H3. The maximum Gasteiger partial charge on any atom is 0.0111 e. The van der Waals surface area contributed by atoms with E-state index >= 15 is 0 Å². The fourth-order valence-electron chi connectivity index (χ4n) is 4.96. The van der Waals surface area contributed by atoms with Gasteiger partial charge in [-0.2, -0.15) is 0 Å². The van der Waals surface area contributed by atoms with Crippen molar-refractivity contribution in [1.82, 2.24) is 10.2 Å². The third-order valence-electron chi connectivity index (χ3n) is 5.75. The highest BCUT2D eigenvalue weighted by atomic mass is 15.2. The van der Waals surface area contributed by atoms with E-state index in [4.69, 9.17) is 0 Å². The molecule has 0 amide bonds. The molecule has 2 nitrogen and oxygen atoms in total. The van der Waals surface area contributed by atoms with Crippen LogP contribution in [0.4, 0.5) is 0 Å². The molecule has 0 aromatic rings. The minimum absolute atomic E-state index is 0.802. The molecule has 2 saturated heterocycles. The van der Waals surface area contributed by atoms with Crippen molar-refractivity contribution in [1.29, 1.82) is 0 Å². The van der Waals surface area contributed by atoms with Gasteiger partial charge in [-0.25, -0.2) is 0 Å². The minimum atomic E-state index is 0.802. The maximum atomic E-state index is 4.01. The normalized spacial score (nSPS) is 49.5. The molecule has 3 aliphatic rings. The Labute approximate surface area is 113 Å². The second-order valence-electron chi connectivity index (χ2n) is 7.50. The summed E-state index contributed by atoms with van der Waals surface area (Å²) in [6.07, 6.45) is 9.93. The number of nitrogens with zero attached hydrogens (tertiary/aromatic N) is 1. The zero-order valence-corrected chi connectivity index (χ0v) is 12.4. The molecule has 18 heavy (non-hydrogen) atoms. The van der Waals surface area contributed by atoms with E-state index in [0.29, 0.717) is 0 Å². The molecule has 0 aromatic heterocycles. The summed E-state index contributed by atoms with van der Waals surface area (Å²) in [7, 11) is 2.34. The molecule has 1 N–H and O–H groups in total. The molecule has 3 rings (SSSR count). The van der Waals surface area contributed by atoms with E-state index in [1.54, 1.807) is 0 Å². The van der Waals surface area contributed by atoms with Crippen molar-refractivity contribution in [3.05, 3.63) is 0 Å². The lowest BCUT2D eigenvalue weighted by Crippen LogP contribution is -2.51. The molecule has 2 bridgehead atoms. The number of nitrogens with one attached hydrogen (secondary N) is 1. The van der Waals surface area contributed by atoms with Gasteiger partial charge in [0.1, 0.15) is 0 Å². The number of piperidine rings is 1. The van der Waals surface area contributed by atoms with Crippen molar-refractivity contribution >= 4 is 0 Å². The van der Waals surface area contributed by atoms with Crippen LogP contribution in [0, 0.1) is 11.8 Å². The highest BCUT2D eigenvalue weighted by molar-refractivity contribution is 4.97. The fourth-order valence-corrected chi connectivity index (χ4v) is 4.96. The lowest BCUT2D eigenvalue weighted by atomic mass is 9.80. The minimum Gasteiger partial charge on any atom is -0.311 e. The van der Waals surface area contributed by atoms with Crippen molar-refractivity contribution < 1.29 is 0 Å². The summed E-state index contributed by atoms with van der Waals surface area (Å²) in [6, 6.07) is 3.36. The Kier molecular flexibility index (Phi) is 3.68. The Morgan fingerprint density at radius 3 is 1.83 bits per heavy atom. The summed E-state index contributed by atoms with van der Waals surface area (Å²) in [5.41, 5.74) is 0. The van der Waals surface area contributed by atoms with Gasteiger partial charge in [0.05, 0.1) is 0 Å². The van der Waals surface area contributed by atoms with Crippen LogP contribution in [0.25, 0.3) is 0 Å². The quantitative estimate of drug-likeness (QED) is 0.810. The molecule has 0 radical (unpaired) electrons. The zero-order valence-electron chi connectivity index (χ0n) is 12.4. The number of fused-ring (bicyclic) bond motifs is 2. The molecule has 1 aliphatic carbocycles. The van der Waals surface area contributed by atoms with Gasteiger partial charge in [0.2, 0.25) is 0 Å². The highest BCUT2D eigenvalue weighted by Gasteiger charge is 2.39. The van der Waals surface area contributed by atoms with E-state index in [-0.39, 0.29) is 0 Å². The van der Waals surface area contributed by atoms with E-state index in [9.17, 15) is 0 Å². The molecule has 2 heterocycles. The average Bonchev–Trinajstić information content (AvgIpc) is 2.52. The van der Waals surface area contributed by atoms with Crippen molar-refractivity contribution in [2.45, 2.75) is 83.0 Å². The second-order valence-corrected chi connectivity index (χ2v) is 7.50. The molecule has 2 heteroatoms. The summed E-state index contributed by atoms with van der Waals surface area (Å²) in [6.45, 7) is 4.87. The van der Waals surface area contributed by atoms with E-state index < -0.39 is 0 Å². The molecule has 1 saturated carbocycles. The Morgan fingerprint density at radius 1 is 0.778 bits per heavy atom. The van der Waals surface area contributed by atoms with Crippen molar-refractivity contribution in [2.24, 2.45) is 11.8 Å². The summed E-state index contributed by atoms with van der Waals surface area (Å²) in [5, 5.41) is 4.01. The first-order valence-corrected chi connectivity index (χ1v) is 8.09. The van der Waals surface area contributed by atoms with Crippen LogP contribution in [0.15, 0.2) is 0 Å². The first kappa shape index (κ1) is 12.9. The number of hydrogen-bond acceptors (Lipinski definition) is 2. The van der Waals surface area contributed by atoms with Crippen LogP contribution in [0.2, 0.25) is 0 Å². The largest absolute Gasteiger partial charge is 0.311 e. The fraction of sp³-hybridized carbons (Fsp3) is 1.00. The first-order valence-electron chi connectivity index (χ1n) is 8.09. The molecule has 0 aromatic carbocycles. The van der Waals surface area contributed by atoms with Crippen molar-refractivity contribution in [3.8, 4) is 0 Å². The van der Waals surface area contributed by atoms with E-state index in [1.165, 1.54) is 44.9 Å². The SMILES string of the molecule is CC1CC(C)CC(NC2CC3CCC(C2)N3C)C1. The van der Waals surface area contributed by atoms with Crippen LogP contribution in [-0.2, 0) is 0 Å². The number of hydrogen-bond donors (Lipinski definition) is 1. The molecule has 2 aliphatic heterocycles. The van der Waals surface area contributed by atoms with Crippen LogP contribution in [0.1, 0.15) is 58.8 Å². The van der Waals surface area contributed by atoms with Crippen LogP contribution in [0.5, 0.6) is 0 Å². The van der Waals surface area contributed by atoms with Gasteiger partial charge in [-0.1, -0.05) is 13.8 Å². The molecule has 4 unspecified atom stereocenters. The predicted molar refractivity (Wildman–Crippen MR) is 76.7 cm³/mol. The van der Waals surface area contributed by atoms with Gasteiger partial charge in [0, 0.05) is 24.2 Å². The summed E-state index contributed by atoms with van der Waals surface area (Å²) in [5.74, 6) is 1.85. The van der Waals surface area contributed by atoms with Gasteiger partial charge < -0.3 is 10.2 Å². The molecule has 0 spiro atoms. The number of rotatable bonds is 2. The summed E-state index contributed by atoms with van der Waals surface area (Å²) in [4.78, 5) is 2.64. The lowest BCUT2D eigenvalue weighted by molar-refractivity contribution is 0.130. The molecular formula is C16H30N2. The molecular weight excluding hydrogens is 220 g/mol. The Bertz CT molecular complexity index is 267. The monoisotopic (exact) mass is 250 g/mol. The smallest absolute Gasteiger partial charge is 0.0111 e. The van der Waals surface area contributed by atoms with Gasteiger partial charge in [0.15, 0.2) is 0 Å². The van der Waals surface area contributed by atoms with Crippen molar-refractivity contribution in [2.75, 3.05) is 7.05 Å². The van der Waals surface area contributed by atoms with Gasteiger partial charge in [-0.15, -0.1) is 0 Å². The van der Waals surface area contributed by atoms with E-state index in [0.717, 1.165) is 36.0 Å². The highest BCUT2D eigenvalue weighted by Crippen LogP contribution is 2.35. The van der Waals surface area contributed by atoms with E-state index in [2.05, 4.69) is 31.1 Å². The molecule has 4 atom stereocenters.